The number of halogens is 2. The van der Waals surface area contributed by atoms with Crippen LogP contribution in [0.5, 0.6) is 0 Å². The fourth-order valence-electron chi connectivity index (χ4n) is 3.22. The Labute approximate surface area is 172 Å². The SMILES string of the molecule is O=C(C=C1C(=O)N(Cc2ccccc2)c2ccc(Cl)cc21)c1ccc(Cl)cc1. The molecule has 0 saturated heterocycles. The van der Waals surface area contributed by atoms with Crippen molar-refractivity contribution in [3.05, 3.63) is 106 Å². The van der Waals surface area contributed by atoms with Crippen LogP contribution >= 0.6 is 23.2 Å². The van der Waals surface area contributed by atoms with E-state index in [9.17, 15) is 9.59 Å². The summed E-state index contributed by atoms with van der Waals surface area (Å²) < 4.78 is 0. The normalized spacial score (nSPS) is 14.4. The van der Waals surface area contributed by atoms with Gasteiger partial charge in [-0.1, -0.05) is 53.5 Å². The Balaban J connectivity index is 1.73. The molecule has 0 fully saturated rings. The Morgan fingerprint density at radius 1 is 0.893 bits per heavy atom. The molecule has 1 aliphatic rings. The van der Waals surface area contributed by atoms with Crippen molar-refractivity contribution in [2.45, 2.75) is 6.54 Å². The van der Waals surface area contributed by atoms with E-state index in [1.165, 1.54) is 6.08 Å². The average molecular weight is 408 g/mol. The molecule has 0 spiro atoms. The summed E-state index contributed by atoms with van der Waals surface area (Å²) in [6.07, 6.45) is 1.38. The second kappa shape index (κ2) is 7.63. The van der Waals surface area contributed by atoms with Gasteiger partial charge in [-0.25, -0.2) is 0 Å². The predicted octanol–water partition coefficient (Wildman–Crippen LogP) is 5.81. The van der Waals surface area contributed by atoms with E-state index in [2.05, 4.69) is 0 Å². The fourth-order valence-corrected chi connectivity index (χ4v) is 3.52. The van der Waals surface area contributed by atoms with E-state index in [1.54, 1.807) is 41.3 Å². The summed E-state index contributed by atoms with van der Waals surface area (Å²) in [6, 6.07) is 21.6. The first-order chi connectivity index (χ1) is 13.5. The number of benzene rings is 3. The Hall–Kier alpha value is -2.88. The molecule has 1 amide bonds. The monoisotopic (exact) mass is 407 g/mol. The van der Waals surface area contributed by atoms with Crippen molar-refractivity contribution in [3.63, 3.8) is 0 Å². The van der Waals surface area contributed by atoms with Crippen molar-refractivity contribution < 1.29 is 9.59 Å². The molecule has 0 aliphatic carbocycles. The number of nitrogens with zero attached hydrogens (tertiary/aromatic N) is 1. The number of anilines is 1. The maximum Gasteiger partial charge on any atom is 0.259 e. The quantitative estimate of drug-likeness (QED) is 0.404. The smallest absolute Gasteiger partial charge is 0.259 e. The summed E-state index contributed by atoms with van der Waals surface area (Å²) in [4.78, 5) is 27.5. The van der Waals surface area contributed by atoms with Crippen LogP contribution in [0.4, 0.5) is 5.69 Å². The van der Waals surface area contributed by atoms with Gasteiger partial charge in [0, 0.05) is 21.2 Å². The first-order valence-electron chi connectivity index (χ1n) is 8.70. The Morgan fingerprint density at radius 2 is 1.57 bits per heavy atom. The zero-order valence-electron chi connectivity index (χ0n) is 14.7. The van der Waals surface area contributed by atoms with Gasteiger partial charge >= 0.3 is 0 Å². The molecule has 1 aliphatic heterocycles. The van der Waals surface area contributed by atoms with Gasteiger partial charge in [-0.3, -0.25) is 9.59 Å². The third-order valence-corrected chi connectivity index (χ3v) is 5.09. The standard InChI is InChI=1S/C23H15Cl2NO2/c24-17-8-6-16(7-9-17)22(27)13-20-19-12-18(25)10-11-21(19)26(23(20)28)14-15-4-2-1-3-5-15/h1-13H,14H2. The van der Waals surface area contributed by atoms with Crippen LogP contribution in [-0.4, -0.2) is 11.7 Å². The Bertz CT molecular complexity index is 1090. The maximum atomic E-state index is 13.1. The van der Waals surface area contributed by atoms with E-state index >= 15 is 0 Å². The number of hydrogen-bond acceptors (Lipinski definition) is 2. The minimum absolute atomic E-state index is 0.219. The van der Waals surface area contributed by atoms with Gasteiger partial charge in [-0.2, -0.15) is 0 Å². The number of amides is 1. The Kier molecular flexibility index (Phi) is 5.03. The molecule has 28 heavy (non-hydrogen) atoms. The average Bonchev–Trinajstić information content (AvgIpc) is 2.94. The highest BCUT2D eigenvalue weighted by molar-refractivity contribution is 6.37. The number of allylic oxidation sites excluding steroid dienone is 1. The maximum absolute atomic E-state index is 13.1. The molecular formula is C23H15Cl2NO2. The minimum Gasteiger partial charge on any atom is -0.303 e. The number of rotatable bonds is 4. The Morgan fingerprint density at radius 3 is 2.29 bits per heavy atom. The lowest BCUT2D eigenvalue weighted by Crippen LogP contribution is -2.25. The number of carbonyl (C=O) groups is 2. The predicted molar refractivity (Wildman–Crippen MR) is 113 cm³/mol. The number of carbonyl (C=O) groups excluding carboxylic acids is 2. The summed E-state index contributed by atoms with van der Waals surface area (Å²) in [5.74, 6) is -0.476. The third-order valence-electron chi connectivity index (χ3n) is 4.60. The van der Waals surface area contributed by atoms with Crippen LogP contribution < -0.4 is 4.90 Å². The lowest BCUT2D eigenvalue weighted by atomic mass is 10.0. The van der Waals surface area contributed by atoms with Crippen LogP contribution in [0, 0.1) is 0 Å². The van der Waals surface area contributed by atoms with Gasteiger partial charge in [0.2, 0.25) is 0 Å². The van der Waals surface area contributed by atoms with Crippen molar-refractivity contribution in [2.24, 2.45) is 0 Å². The zero-order valence-corrected chi connectivity index (χ0v) is 16.2. The lowest BCUT2D eigenvalue weighted by molar-refractivity contribution is -0.113. The van der Waals surface area contributed by atoms with Crippen LogP contribution in [-0.2, 0) is 11.3 Å². The highest BCUT2D eigenvalue weighted by Gasteiger charge is 2.33. The third kappa shape index (κ3) is 3.59. The molecule has 0 radical (unpaired) electrons. The van der Waals surface area contributed by atoms with Gasteiger partial charge in [0.15, 0.2) is 5.78 Å². The van der Waals surface area contributed by atoms with Crippen molar-refractivity contribution in [1.82, 2.24) is 0 Å². The minimum atomic E-state index is -0.257. The highest BCUT2D eigenvalue weighted by Crippen LogP contribution is 2.39. The molecule has 0 aromatic heterocycles. The van der Waals surface area contributed by atoms with Gasteiger partial charge in [-0.05, 0) is 54.1 Å². The molecule has 1 heterocycles. The van der Waals surface area contributed by atoms with Gasteiger partial charge in [-0.15, -0.1) is 0 Å². The summed E-state index contributed by atoms with van der Waals surface area (Å²) in [5.41, 5.74) is 3.22. The second-order valence-corrected chi connectivity index (χ2v) is 7.34. The molecule has 3 nitrogen and oxygen atoms in total. The van der Waals surface area contributed by atoms with E-state index in [1.807, 2.05) is 36.4 Å². The topological polar surface area (TPSA) is 37.4 Å². The molecule has 0 N–H and O–H groups in total. The lowest BCUT2D eigenvalue weighted by Gasteiger charge is -2.17. The highest BCUT2D eigenvalue weighted by atomic mass is 35.5. The summed E-state index contributed by atoms with van der Waals surface area (Å²) in [7, 11) is 0. The van der Waals surface area contributed by atoms with Crippen LogP contribution in [0.25, 0.3) is 5.57 Å². The van der Waals surface area contributed by atoms with Gasteiger partial charge in [0.25, 0.3) is 5.91 Å². The fraction of sp³-hybridized carbons (Fsp3) is 0.0435. The molecule has 4 rings (SSSR count). The first kappa shape index (κ1) is 18.5. The number of ketones is 1. The van der Waals surface area contributed by atoms with Crippen LogP contribution in [0.15, 0.2) is 78.9 Å². The summed E-state index contributed by atoms with van der Waals surface area (Å²) in [6.45, 7) is 0.417. The van der Waals surface area contributed by atoms with Gasteiger partial charge in [0.1, 0.15) is 0 Å². The number of fused-ring (bicyclic) bond motifs is 1. The zero-order chi connectivity index (χ0) is 19.7. The van der Waals surface area contributed by atoms with E-state index in [0.29, 0.717) is 33.3 Å². The van der Waals surface area contributed by atoms with Crippen LogP contribution in [0.3, 0.4) is 0 Å². The van der Waals surface area contributed by atoms with Crippen molar-refractivity contribution in [2.75, 3.05) is 4.90 Å². The molecule has 0 unspecified atom stereocenters. The molecule has 0 saturated carbocycles. The summed E-state index contributed by atoms with van der Waals surface area (Å²) >= 11 is 12.0. The number of hydrogen-bond donors (Lipinski definition) is 0. The van der Waals surface area contributed by atoms with E-state index in [0.717, 1.165) is 11.3 Å². The molecule has 138 valence electrons. The first-order valence-corrected chi connectivity index (χ1v) is 9.46. The van der Waals surface area contributed by atoms with Crippen molar-refractivity contribution in [3.8, 4) is 0 Å². The van der Waals surface area contributed by atoms with E-state index in [4.69, 9.17) is 23.2 Å². The summed E-state index contributed by atoms with van der Waals surface area (Å²) in [5, 5.41) is 1.06. The van der Waals surface area contributed by atoms with E-state index < -0.39 is 0 Å². The molecule has 0 bridgehead atoms. The molecule has 3 aromatic rings. The largest absolute Gasteiger partial charge is 0.303 e. The van der Waals surface area contributed by atoms with Gasteiger partial charge in [0.05, 0.1) is 17.8 Å². The molecule has 0 atom stereocenters. The molecular weight excluding hydrogens is 393 g/mol. The second-order valence-electron chi connectivity index (χ2n) is 6.47. The molecule has 3 aromatic carbocycles. The van der Waals surface area contributed by atoms with Crippen molar-refractivity contribution in [1.29, 1.82) is 0 Å². The van der Waals surface area contributed by atoms with Gasteiger partial charge < -0.3 is 4.90 Å². The van der Waals surface area contributed by atoms with E-state index in [-0.39, 0.29) is 11.7 Å². The van der Waals surface area contributed by atoms with Crippen molar-refractivity contribution >= 4 is 46.2 Å². The van der Waals surface area contributed by atoms with Crippen LogP contribution in [0.1, 0.15) is 21.5 Å². The molecule has 5 heteroatoms. The van der Waals surface area contributed by atoms with Crippen LogP contribution in [0.2, 0.25) is 10.0 Å².